The van der Waals surface area contributed by atoms with Gasteiger partial charge in [-0.15, -0.1) is 0 Å². The van der Waals surface area contributed by atoms with Crippen molar-refractivity contribution in [1.82, 2.24) is 5.43 Å². The van der Waals surface area contributed by atoms with Crippen LogP contribution in [0.25, 0.3) is 0 Å². The van der Waals surface area contributed by atoms with Gasteiger partial charge in [0.05, 0.1) is 17.9 Å². The van der Waals surface area contributed by atoms with Crippen LogP contribution in [-0.4, -0.2) is 33.5 Å². The number of phenols is 3. The number of carbonyl (C=O) groups is 1. The van der Waals surface area contributed by atoms with E-state index in [2.05, 4.69) is 15.8 Å². The van der Waals surface area contributed by atoms with Gasteiger partial charge in [-0.2, -0.15) is 5.10 Å². The quantitative estimate of drug-likeness (QED) is 0.314. The van der Waals surface area contributed by atoms with Crippen molar-refractivity contribution < 1.29 is 20.1 Å². The first kappa shape index (κ1) is 18.1. The first-order valence-electron chi connectivity index (χ1n) is 7.83. The van der Waals surface area contributed by atoms with Crippen LogP contribution in [-0.2, 0) is 4.79 Å². The van der Waals surface area contributed by atoms with Crippen LogP contribution in [0.15, 0.2) is 41.5 Å². The highest BCUT2D eigenvalue weighted by molar-refractivity contribution is 6.03. The number of benzene rings is 2. The first-order valence-corrected chi connectivity index (χ1v) is 7.83. The number of hydrogen-bond acceptors (Lipinski definition) is 6. The van der Waals surface area contributed by atoms with Gasteiger partial charge in [-0.1, -0.05) is 19.1 Å². The van der Waals surface area contributed by atoms with Crippen molar-refractivity contribution in [3.8, 4) is 17.2 Å². The van der Waals surface area contributed by atoms with Crippen LogP contribution in [0, 0.1) is 6.92 Å². The van der Waals surface area contributed by atoms with Crippen LogP contribution in [0.4, 0.5) is 5.69 Å². The van der Waals surface area contributed by atoms with Gasteiger partial charge in [-0.3, -0.25) is 4.79 Å². The van der Waals surface area contributed by atoms with Crippen molar-refractivity contribution in [3.63, 3.8) is 0 Å². The molecule has 0 fully saturated rings. The number of para-hydroxylation sites is 2. The number of aromatic hydroxyl groups is 3. The van der Waals surface area contributed by atoms with Crippen molar-refractivity contribution in [3.05, 3.63) is 47.5 Å². The molecule has 0 heterocycles. The van der Waals surface area contributed by atoms with Gasteiger partial charge in [0.15, 0.2) is 0 Å². The minimum atomic E-state index is -0.399. The molecule has 0 saturated heterocycles. The summed E-state index contributed by atoms with van der Waals surface area (Å²) in [6.07, 6.45) is 0.477. The number of nitrogens with zero attached hydrogens (tertiary/aromatic N) is 1. The third-order valence-corrected chi connectivity index (χ3v) is 3.71. The average molecular weight is 343 g/mol. The molecule has 0 spiro atoms. The standard InChI is InChI=1S/C18H21N3O4/c1-3-13(12-8-9-15(22)11(2)18(12)25)20-21-17(24)10-19-14-6-4-5-7-16(14)23/h4-9,19,22-23,25H,3,10H2,1-2H3,(H,21,24)/b20-13+. The van der Waals surface area contributed by atoms with E-state index in [0.29, 0.717) is 28.9 Å². The molecule has 7 nitrogen and oxygen atoms in total. The smallest absolute Gasteiger partial charge is 0.259 e. The molecule has 0 aliphatic carbocycles. The minimum Gasteiger partial charge on any atom is -0.508 e. The summed E-state index contributed by atoms with van der Waals surface area (Å²) in [6.45, 7) is 3.36. The second-order valence-electron chi connectivity index (χ2n) is 5.42. The molecule has 25 heavy (non-hydrogen) atoms. The summed E-state index contributed by atoms with van der Waals surface area (Å²) in [5, 5.41) is 36.2. The van der Waals surface area contributed by atoms with Gasteiger partial charge in [0, 0.05) is 11.1 Å². The number of hydrogen-bond donors (Lipinski definition) is 5. The number of carbonyl (C=O) groups excluding carboxylic acids is 1. The Morgan fingerprint density at radius 1 is 1.08 bits per heavy atom. The van der Waals surface area contributed by atoms with Crippen LogP contribution in [0.5, 0.6) is 17.2 Å². The SMILES string of the molecule is CC/C(=N\NC(=O)CNc1ccccc1O)c1ccc(O)c(C)c1O. The zero-order chi connectivity index (χ0) is 18.4. The first-order chi connectivity index (χ1) is 11.9. The Morgan fingerprint density at radius 3 is 2.48 bits per heavy atom. The van der Waals surface area contributed by atoms with E-state index in [9.17, 15) is 20.1 Å². The minimum absolute atomic E-state index is 0.00684. The lowest BCUT2D eigenvalue weighted by molar-refractivity contribution is -0.119. The number of amides is 1. The topological polar surface area (TPSA) is 114 Å². The van der Waals surface area contributed by atoms with Gasteiger partial charge in [-0.25, -0.2) is 5.43 Å². The Kier molecular flexibility index (Phi) is 5.84. The lowest BCUT2D eigenvalue weighted by Gasteiger charge is -2.11. The fraction of sp³-hybridized carbons (Fsp3) is 0.222. The van der Waals surface area contributed by atoms with E-state index >= 15 is 0 Å². The average Bonchev–Trinajstić information content (AvgIpc) is 2.61. The summed E-state index contributed by atoms with van der Waals surface area (Å²) in [5.74, 6) is -0.420. The molecule has 2 rings (SSSR count). The number of nitrogens with one attached hydrogen (secondary N) is 2. The Hall–Kier alpha value is -3.22. The van der Waals surface area contributed by atoms with Gasteiger partial charge < -0.3 is 20.6 Å². The van der Waals surface area contributed by atoms with Crippen LogP contribution in [0.2, 0.25) is 0 Å². The molecule has 7 heteroatoms. The maximum absolute atomic E-state index is 11.9. The van der Waals surface area contributed by atoms with E-state index in [1.807, 2.05) is 6.92 Å². The molecule has 0 unspecified atom stereocenters. The van der Waals surface area contributed by atoms with E-state index in [1.54, 1.807) is 31.2 Å². The number of rotatable bonds is 6. The highest BCUT2D eigenvalue weighted by atomic mass is 16.3. The Labute approximate surface area is 145 Å². The molecule has 132 valence electrons. The summed E-state index contributed by atoms with van der Waals surface area (Å²) >= 11 is 0. The third-order valence-electron chi connectivity index (χ3n) is 3.71. The largest absolute Gasteiger partial charge is 0.508 e. The molecule has 0 bridgehead atoms. The van der Waals surface area contributed by atoms with E-state index in [0.717, 1.165) is 0 Å². The highest BCUT2D eigenvalue weighted by Gasteiger charge is 2.13. The number of hydrazone groups is 1. The Balaban J connectivity index is 2.04. The maximum Gasteiger partial charge on any atom is 0.259 e. The molecule has 0 saturated carbocycles. The molecule has 2 aromatic rings. The number of phenolic OH excluding ortho intramolecular Hbond substituents is 3. The predicted octanol–water partition coefficient (Wildman–Crippen LogP) is 2.45. The maximum atomic E-state index is 11.9. The van der Waals surface area contributed by atoms with Crippen LogP contribution < -0.4 is 10.7 Å². The fourth-order valence-corrected chi connectivity index (χ4v) is 2.22. The van der Waals surface area contributed by atoms with Crippen molar-refractivity contribution in [2.75, 3.05) is 11.9 Å². The third kappa shape index (κ3) is 4.41. The zero-order valence-electron chi connectivity index (χ0n) is 14.1. The highest BCUT2D eigenvalue weighted by Crippen LogP contribution is 2.30. The molecule has 0 radical (unpaired) electrons. The molecule has 1 amide bonds. The van der Waals surface area contributed by atoms with Crippen LogP contribution >= 0.6 is 0 Å². The van der Waals surface area contributed by atoms with Crippen molar-refractivity contribution in [1.29, 1.82) is 0 Å². The zero-order valence-corrected chi connectivity index (χ0v) is 14.1. The second kappa shape index (κ2) is 8.05. The van der Waals surface area contributed by atoms with Gasteiger partial charge >= 0.3 is 0 Å². The summed E-state index contributed by atoms with van der Waals surface area (Å²) < 4.78 is 0. The normalized spacial score (nSPS) is 11.2. The van der Waals surface area contributed by atoms with Gasteiger partial charge in [0.2, 0.25) is 0 Å². The van der Waals surface area contributed by atoms with E-state index in [1.165, 1.54) is 12.1 Å². The molecule has 5 N–H and O–H groups in total. The summed E-state index contributed by atoms with van der Waals surface area (Å²) in [5.41, 5.74) is 4.15. The predicted molar refractivity (Wildman–Crippen MR) is 96.1 cm³/mol. The van der Waals surface area contributed by atoms with Gasteiger partial charge in [-0.05, 0) is 37.6 Å². The molecule has 0 aliphatic heterocycles. The monoisotopic (exact) mass is 343 g/mol. The summed E-state index contributed by atoms with van der Waals surface area (Å²) in [4.78, 5) is 11.9. The second-order valence-corrected chi connectivity index (χ2v) is 5.42. The lowest BCUT2D eigenvalue weighted by Crippen LogP contribution is -2.27. The van der Waals surface area contributed by atoms with Crippen LogP contribution in [0.3, 0.4) is 0 Å². The molecular formula is C18H21N3O4. The van der Waals surface area contributed by atoms with E-state index < -0.39 is 5.91 Å². The lowest BCUT2D eigenvalue weighted by atomic mass is 10.0. The Morgan fingerprint density at radius 2 is 1.80 bits per heavy atom. The molecule has 2 aromatic carbocycles. The van der Waals surface area contributed by atoms with Crippen molar-refractivity contribution >= 4 is 17.3 Å². The summed E-state index contributed by atoms with van der Waals surface area (Å²) in [7, 11) is 0. The fourth-order valence-electron chi connectivity index (χ4n) is 2.22. The molecule has 0 aromatic heterocycles. The van der Waals surface area contributed by atoms with Crippen molar-refractivity contribution in [2.45, 2.75) is 20.3 Å². The van der Waals surface area contributed by atoms with Crippen molar-refractivity contribution in [2.24, 2.45) is 5.10 Å². The van der Waals surface area contributed by atoms with Gasteiger partial charge in [0.1, 0.15) is 17.2 Å². The Bertz CT molecular complexity index is 803. The molecular weight excluding hydrogens is 322 g/mol. The van der Waals surface area contributed by atoms with E-state index in [-0.39, 0.29) is 23.8 Å². The molecule has 0 aliphatic rings. The summed E-state index contributed by atoms with van der Waals surface area (Å²) in [6, 6.07) is 9.61. The number of anilines is 1. The molecule has 0 atom stereocenters. The van der Waals surface area contributed by atoms with E-state index in [4.69, 9.17) is 0 Å². The van der Waals surface area contributed by atoms with Gasteiger partial charge in [0.25, 0.3) is 5.91 Å². The van der Waals surface area contributed by atoms with Crippen LogP contribution in [0.1, 0.15) is 24.5 Å².